The minimum absolute atomic E-state index is 0.199. The van der Waals surface area contributed by atoms with E-state index >= 15 is 0 Å². The lowest BCUT2D eigenvalue weighted by Gasteiger charge is -2.24. The molecular weight excluding hydrogens is 396 g/mol. The van der Waals surface area contributed by atoms with Crippen LogP contribution >= 0.6 is 15.9 Å². The largest absolute Gasteiger partial charge is 0.444 e. The van der Waals surface area contributed by atoms with Crippen LogP contribution < -0.4 is 5.32 Å². The smallest absolute Gasteiger partial charge is 0.407 e. The van der Waals surface area contributed by atoms with E-state index in [9.17, 15) is 4.79 Å². The Hall–Kier alpha value is -1.92. The van der Waals surface area contributed by atoms with Gasteiger partial charge >= 0.3 is 6.09 Å². The van der Waals surface area contributed by atoms with Gasteiger partial charge in [-0.1, -0.05) is 30.3 Å². The Morgan fingerprint density at radius 2 is 1.92 bits per heavy atom. The van der Waals surface area contributed by atoms with E-state index in [1.54, 1.807) is 6.20 Å². The molecule has 0 unspecified atom stereocenters. The van der Waals surface area contributed by atoms with Gasteiger partial charge in [-0.3, -0.25) is 4.98 Å². The maximum absolute atomic E-state index is 12.1. The number of ether oxygens (including phenoxy) is 2. The van der Waals surface area contributed by atoms with Crippen molar-refractivity contribution in [3.63, 3.8) is 0 Å². The minimum Gasteiger partial charge on any atom is -0.444 e. The zero-order chi connectivity index (χ0) is 19.0. The van der Waals surface area contributed by atoms with Crippen LogP contribution in [-0.2, 0) is 22.5 Å². The van der Waals surface area contributed by atoms with E-state index in [2.05, 4.69) is 26.2 Å². The van der Waals surface area contributed by atoms with Crippen molar-refractivity contribution < 1.29 is 14.3 Å². The molecule has 1 heterocycles. The van der Waals surface area contributed by atoms with E-state index in [-0.39, 0.29) is 6.04 Å². The van der Waals surface area contributed by atoms with Crippen molar-refractivity contribution in [3.8, 4) is 0 Å². The van der Waals surface area contributed by atoms with Crippen molar-refractivity contribution >= 4 is 22.0 Å². The molecule has 0 radical (unpaired) electrons. The molecule has 1 amide bonds. The highest BCUT2D eigenvalue weighted by Crippen LogP contribution is 2.14. The monoisotopic (exact) mass is 420 g/mol. The SMILES string of the molecule is CC(C)(C)OC(=O)N[C@@H](COCc1ncccc1Br)Cc1ccccc1. The second-order valence-electron chi connectivity index (χ2n) is 6.98. The fourth-order valence-electron chi connectivity index (χ4n) is 2.35. The van der Waals surface area contributed by atoms with Gasteiger partial charge in [-0.25, -0.2) is 4.79 Å². The molecule has 0 saturated carbocycles. The van der Waals surface area contributed by atoms with Crippen LogP contribution in [0.5, 0.6) is 0 Å². The molecule has 0 aliphatic carbocycles. The number of alkyl carbamates (subject to hydrolysis) is 1. The Morgan fingerprint density at radius 3 is 2.58 bits per heavy atom. The van der Waals surface area contributed by atoms with Gasteiger partial charge in [0.15, 0.2) is 0 Å². The molecule has 2 rings (SSSR count). The summed E-state index contributed by atoms with van der Waals surface area (Å²) in [7, 11) is 0. The number of benzene rings is 1. The fourth-order valence-corrected chi connectivity index (χ4v) is 2.72. The Kier molecular flexibility index (Phi) is 7.60. The first-order valence-corrected chi connectivity index (χ1v) is 9.33. The number of carbonyl (C=O) groups is 1. The van der Waals surface area contributed by atoms with Gasteiger partial charge in [0.05, 0.1) is 24.9 Å². The zero-order valence-corrected chi connectivity index (χ0v) is 17.0. The highest BCUT2D eigenvalue weighted by atomic mass is 79.9. The molecule has 2 aromatic rings. The molecule has 5 nitrogen and oxygen atoms in total. The summed E-state index contributed by atoms with van der Waals surface area (Å²) < 4.78 is 12.1. The van der Waals surface area contributed by atoms with Gasteiger partial charge in [-0.05, 0) is 60.8 Å². The summed E-state index contributed by atoms with van der Waals surface area (Å²) in [5, 5.41) is 2.90. The standard InChI is InChI=1S/C20H25BrN2O3/c1-20(2,3)26-19(24)23-16(12-15-8-5-4-6-9-15)13-25-14-18-17(21)10-7-11-22-18/h4-11,16H,12-14H2,1-3H3,(H,23,24)/t16-/m1/s1. The Labute approximate surface area is 163 Å². The molecule has 140 valence electrons. The van der Waals surface area contributed by atoms with Crippen molar-refractivity contribution in [3.05, 3.63) is 64.4 Å². The maximum atomic E-state index is 12.1. The quantitative estimate of drug-likeness (QED) is 0.716. The molecule has 1 aromatic carbocycles. The molecule has 0 bridgehead atoms. The Bertz CT molecular complexity index is 702. The van der Waals surface area contributed by atoms with Gasteiger partial charge in [0.25, 0.3) is 0 Å². The summed E-state index contributed by atoms with van der Waals surface area (Å²) >= 11 is 3.46. The molecule has 1 atom stereocenters. The summed E-state index contributed by atoms with van der Waals surface area (Å²) in [5.74, 6) is 0. The van der Waals surface area contributed by atoms with E-state index in [0.29, 0.717) is 19.6 Å². The number of carbonyl (C=O) groups excluding carboxylic acids is 1. The van der Waals surface area contributed by atoms with Crippen LogP contribution in [0.4, 0.5) is 4.79 Å². The van der Waals surface area contributed by atoms with Gasteiger partial charge < -0.3 is 14.8 Å². The topological polar surface area (TPSA) is 60.5 Å². The van der Waals surface area contributed by atoms with E-state index in [1.807, 2.05) is 63.2 Å². The molecule has 0 spiro atoms. The highest BCUT2D eigenvalue weighted by Gasteiger charge is 2.20. The molecule has 6 heteroatoms. The number of halogens is 1. The van der Waals surface area contributed by atoms with Crippen LogP contribution in [0.2, 0.25) is 0 Å². The zero-order valence-electron chi connectivity index (χ0n) is 15.4. The maximum Gasteiger partial charge on any atom is 0.407 e. The average molecular weight is 421 g/mol. The molecule has 0 fully saturated rings. The summed E-state index contributed by atoms with van der Waals surface area (Å²) in [4.78, 5) is 16.4. The van der Waals surface area contributed by atoms with Crippen LogP contribution in [-0.4, -0.2) is 29.3 Å². The third-order valence-electron chi connectivity index (χ3n) is 3.44. The molecule has 1 N–H and O–H groups in total. The number of aromatic nitrogens is 1. The number of nitrogens with zero attached hydrogens (tertiary/aromatic N) is 1. The average Bonchev–Trinajstić information content (AvgIpc) is 2.55. The van der Waals surface area contributed by atoms with Crippen LogP contribution in [0.1, 0.15) is 32.0 Å². The Morgan fingerprint density at radius 1 is 1.19 bits per heavy atom. The van der Waals surface area contributed by atoms with Gasteiger partial charge in [-0.15, -0.1) is 0 Å². The summed E-state index contributed by atoms with van der Waals surface area (Å²) in [6.07, 6.45) is 1.94. The third-order valence-corrected chi connectivity index (χ3v) is 4.16. The normalized spacial score (nSPS) is 12.5. The number of pyridine rings is 1. The van der Waals surface area contributed by atoms with Crippen LogP contribution in [0.15, 0.2) is 53.1 Å². The lowest BCUT2D eigenvalue weighted by molar-refractivity contribution is 0.0426. The minimum atomic E-state index is -0.541. The highest BCUT2D eigenvalue weighted by molar-refractivity contribution is 9.10. The van der Waals surface area contributed by atoms with Crippen LogP contribution in [0, 0.1) is 0 Å². The van der Waals surface area contributed by atoms with Crippen molar-refractivity contribution in [2.45, 2.75) is 45.4 Å². The molecule has 0 aliphatic rings. The van der Waals surface area contributed by atoms with E-state index in [0.717, 1.165) is 15.7 Å². The van der Waals surface area contributed by atoms with Crippen LogP contribution in [0.25, 0.3) is 0 Å². The number of hydrogen-bond donors (Lipinski definition) is 1. The summed E-state index contributed by atoms with van der Waals surface area (Å²) in [6, 6.07) is 13.6. The second kappa shape index (κ2) is 9.69. The third kappa shape index (κ3) is 7.54. The first kappa shape index (κ1) is 20.4. The van der Waals surface area contributed by atoms with Crippen molar-refractivity contribution in [2.24, 2.45) is 0 Å². The second-order valence-corrected chi connectivity index (χ2v) is 7.83. The van der Waals surface area contributed by atoms with Crippen molar-refractivity contribution in [2.75, 3.05) is 6.61 Å². The summed E-state index contributed by atoms with van der Waals surface area (Å²) in [5.41, 5.74) is 1.40. The fraction of sp³-hybridized carbons (Fsp3) is 0.400. The number of amides is 1. The van der Waals surface area contributed by atoms with Gasteiger partial charge in [0.2, 0.25) is 0 Å². The molecule has 1 aromatic heterocycles. The predicted molar refractivity (Wildman–Crippen MR) is 105 cm³/mol. The molecule has 26 heavy (non-hydrogen) atoms. The van der Waals surface area contributed by atoms with E-state index in [1.165, 1.54) is 0 Å². The number of hydrogen-bond acceptors (Lipinski definition) is 4. The molecular formula is C20H25BrN2O3. The first-order valence-electron chi connectivity index (χ1n) is 8.54. The number of nitrogens with one attached hydrogen (secondary N) is 1. The Balaban J connectivity index is 1.95. The van der Waals surface area contributed by atoms with Crippen molar-refractivity contribution in [1.29, 1.82) is 0 Å². The van der Waals surface area contributed by atoms with Gasteiger partial charge in [-0.2, -0.15) is 0 Å². The number of rotatable bonds is 7. The first-order chi connectivity index (χ1) is 12.3. The van der Waals surface area contributed by atoms with Crippen molar-refractivity contribution in [1.82, 2.24) is 10.3 Å². The van der Waals surface area contributed by atoms with E-state index < -0.39 is 11.7 Å². The lowest BCUT2D eigenvalue weighted by atomic mass is 10.1. The van der Waals surface area contributed by atoms with E-state index in [4.69, 9.17) is 9.47 Å². The van der Waals surface area contributed by atoms with Gasteiger partial charge in [0, 0.05) is 10.7 Å². The lowest BCUT2D eigenvalue weighted by Crippen LogP contribution is -2.42. The molecule has 0 saturated heterocycles. The van der Waals surface area contributed by atoms with Crippen LogP contribution in [0.3, 0.4) is 0 Å². The summed E-state index contributed by atoms with van der Waals surface area (Å²) in [6.45, 7) is 6.25. The molecule has 0 aliphatic heterocycles. The van der Waals surface area contributed by atoms with Gasteiger partial charge in [0.1, 0.15) is 5.60 Å². The predicted octanol–water partition coefficient (Wildman–Crippen LogP) is 4.50.